The number of nitrogen functional groups attached to an aromatic ring is 1. The first-order chi connectivity index (χ1) is 11.0. The van der Waals surface area contributed by atoms with Gasteiger partial charge < -0.3 is 11.5 Å². The molecule has 0 aliphatic carbocycles. The van der Waals surface area contributed by atoms with E-state index in [4.69, 9.17) is 11.5 Å². The molecule has 1 amide bonds. The summed E-state index contributed by atoms with van der Waals surface area (Å²) < 4.78 is 0. The van der Waals surface area contributed by atoms with Crippen molar-refractivity contribution in [3.63, 3.8) is 0 Å². The van der Waals surface area contributed by atoms with Crippen LogP contribution in [0, 0.1) is 13.8 Å². The molecule has 0 aliphatic rings. The lowest BCUT2D eigenvalue weighted by Gasteiger charge is -2.12. The van der Waals surface area contributed by atoms with E-state index in [1.54, 1.807) is 11.3 Å². The molecule has 1 atom stereocenters. The molecule has 5 nitrogen and oxygen atoms in total. The third-order valence-electron chi connectivity index (χ3n) is 3.62. The van der Waals surface area contributed by atoms with Crippen LogP contribution in [0.15, 0.2) is 35.5 Å². The number of fused-ring (bicyclic) bond motifs is 1. The topological polar surface area (TPSA) is 94.9 Å². The highest BCUT2D eigenvalue weighted by atomic mass is 32.2. The van der Waals surface area contributed by atoms with Gasteiger partial charge in [0.1, 0.15) is 15.9 Å². The number of thioether (sulfide) groups is 1. The van der Waals surface area contributed by atoms with E-state index in [1.165, 1.54) is 11.8 Å². The Hall–Kier alpha value is -2.12. The van der Waals surface area contributed by atoms with Crippen molar-refractivity contribution in [2.24, 2.45) is 5.73 Å². The molecule has 0 aliphatic heterocycles. The number of thiophene rings is 1. The van der Waals surface area contributed by atoms with Gasteiger partial charge in [-0.1, -0.05) is 42.1 Å². The lowest BCUT2D eigenvalue weighted by Crippen LogP contribution is -2.19. The molecular weight excluding hydrogens is 328 g/mol. The number of benzene rings is 1. The molecule has 3 rings (SSSR count). The lowest BCUT2D eigenvalue weighted by molar-refractivity contribution is -0.117. The van der Waals surface area contributed by atoms with Gasteiger partial charge >= 0.3 is 0 Å². The third kappa shape index (κ3) is 3.02. The van der Waals surface area contributed by atoms with E-state index >= 15 is 0 Å². The van der Waals surface area contributed by atoms with Crippen LogP contribution >= 0.6 is 23.1 Å². The second kappa shape index (κ2) is 6.17. The van der Waals surface area contributed by atoms with Crippen molar-refractivity contribution in [1.29, 1.82) is 0 Å². The van der Waals surface area contributed by atoms with Gasteiger partial charge in [-0.2, -0.15) is 0 Å². The molecule has 0 spiro atoms. The number of carbonyl (C=O) groups excluding carboxylic acids is 1. The number of aryl methyl sites for hydroxylation is 2. The fraction of sp³-hybridized carbons (Fsp3) is 0.188. The first-order valence-electron chi connectivity index (χ1n) is 7.01. The van der Waals surface area contributed by atoms with Crippen LogP contribution in [-0.4, -0.2) is 15.9 Å². The summed E-state index contributed by atoms with van der Waals surface area (Å²) in [5.74, 6) is 0.0117. The summed E-state index contributed by atoms with van der Waals surface area (Å²) in [5.41, 5.74) is 13.6. The average Bonchev–Trinajstić information content (AvgIpc) is 2.80. The van der Waals surface area contributed by atoms with Crippen LogP contribution in [0.2, 0.25) is 0 Å². The summed E-state index contributed by atoms with van der Waals surface area (Å²) in [6.45, 7) is 4.04. The molecule has 7 heteroatoms. The van der Waals surface area contributed by atoms with Gasteiger partial charge in [-0.15, -0.1) is 11.3 Å². The van der Waals surface area contributed by atoms with Crippen LogP contribution in [0.25, 0.3) is 10.2 Å². The maximum absolute atomic E-state index is 11.8. The number of hydrogen-bond donors (Lipinski definition) is 2. The summed E-state index contributed by atoms with van der Waals surface area (Å²) in [6.07, 6.45) is 0. The highest BCUT2D eigenvalue weighted by Crippen LogP contribution is 2.37. The fourth-order valence-electron chi connectivity index (χ4n) is 2.34. The molecule has 0 saturated heterocycles. The molecule has 2 heterocycles. The molecule has 0 unspecified atom stereocenters. The smallest absolute Gasteiger partial charge is 0.235 e. The monoisotopic (exact) mass is 344 g/mol. The molecule has 0 radical (unpaired) electrons. The van der Waals surface area contributed by atoms with Crippen LogP contribution < -0.4 is 11.5 Å². The molecule has 0 saturated carbocycles. The summed E-state index contributed by atoms with van der Waals surface area (Å²) in [6, 6.07) is 9.37. The Bertz CT molecular complexity index is 877. The van der Waals surface area contributed by atoms with Crippen LogP contribution in [0.4, 0.5) is 5.82 Å². The lowest BCUT2D eigenvalue weighted by atomic mass is 10.1. The minimum absolute atomic E-state index is 0.429. The zero-order valence-corrected chi connectivity index (χ0v) is 14.4. The van der Waals surface area contributed by atoms with E-state index < -0.39 is 11.2 Å². The van der Waals surface area contributed by atoms with Crippen molar-refractivity contribution >= 4 is 45.0 Å². The van der Waals surface area contributed by atoms with E-state index in [0.717, 1.165) is 26.2 Å². The van der Waals surface area contributed by atoms with Gasteiger partial charge in [-0.05, 0) is 25.0 Å². The number of carbonyl (C=O) groups is 1. The second-order valence-corrected chi connectivity index (χ2v) is 7.44. The molecule has 118 valence electrons. The van der Waals surface area contributed by atoms with E-state index in [1.807, 2.05) is 44.2 Å². The number of hydrogen-bond acceptors (Lipinski definition) is 6. The average molecular weight is 344 g/mol. The number of anilines is 1. The number of amides is 1. The van der Waals surface area contributed by atoms with E-state index in [2.05, 4.69) is 9.97 Å². The van der Waals surface area contributed by atoms with Gasteiger partial charge in [0.05, 0.1) is 5.39 Å². The summed E-state index contributed by atoms with van der Waals surface area (Å²) in [4.78, 5) is 22.7. The van der Waals surface area contributed by atoms with Crippen molar-refractivity contribution in [3.05, 3.63) is 46.3 Å². The van der Waals surface area contributed by atoms with Gasteiger partial charge in [0.25, 0.3) is 0 Å². The Morgan fingerprint density at radius 3 is 2.57 bits per heavy atom. The largest absolute Gasteiger partial charge is 0.383 e. The van der Waals surface area contributed by atoms with Crippen LogP contribution in [0.3, 0.4) is 0 Å². The Morgan fingerprint density at radius 2 is 1.91 bits per heavy atom. The number of primary amides is 1. The van der Waals surface area contributed by atoms with Gasteiger partial charge in [0, 0.05) is 4.88 Å². The zero-order chi connectivity index (χ0) is 16.6. The summed E-state index contributed by atoms with van der Waals surface area (Å²) in [7, 11) is 0. The molecular formula is C16H16N4OS2. The Morgan fingerprint density at radius 1 is 1.22 bits per heavy atom. The summed E-state index contributed by atoms with van der Waals surface area (Å²) in [5, 5.41) is 0.811. The van der Waals surface area contributed by atoms with Crippen LogP contribution in [0.5, 0.6) is 0 Å². The van der Waals surface area contributed by atoms with Crippen molar-refractivity contribution < 1.29 is 4.79 Å². The zero-order valence-electron chi connectivity index (χ0n) is 12.7. The number of nitrogens with two attached hydrogens (primary N) is 2. The van der Waals surface area contributed by atoms with E-state index in [9.17, 15) is 4.79 Å². The SMILES string of the molecule is Cc1sc2nc(S[C@@H](C(N)=O)c3ccccc3)nc(N)c2c1C. The van der Waals surface area contributed by atoms with Gasteiger partial charge in [-0.25, -0.2) is 9.97 Å². The Balaban J connectivity index is 2.01. The maximum Gasteiger partial charge on any atom is 0.235 e. The van der Waals surface area contributed by atoms with Crippen molar-refractivity contribution in [2.75, 3.05) is 5.73 Å². The number of nitrogens with zero attached hydrogens (tertiary/aromatic N) is 2. The number of rotatable bonds is 4. The van der Waals surface area contributed by atoms with Gasteiger partial charge in [0.15, 0.2) is 5.16 Å². The van der Waals surface area contributed by atoms with Gasteiger partial charge in [0.2, 0.25) is 5.91 Å². The first-order valence-corrected chi connectivity index (χ1v) is 8.71. The highest BCUT2D eigenvalue weighted by Gasteiger charge is 2.22. The maximum atomic E-state index is 11.8. The normalized spacial score (nSPS) is 12.4. The molecule has 4 N–H and O–H groups in total. The standard InChI is InChI=1S/C16H16N4OS2/c1-8-9(2)22-15-11(8)13(17)19-16(20-15)23-12(14(18)21)10-6-4-3-5-7-10/h3-7,12H,1-2H3,(H2,18,21)(H2,17,19,20)/t12-/m1/s1. The molecule has 0 bridgehead atoms. The molecule has 3 aromatic rings. The van der Waals surface area contributed by atoms with Crippen molar-refractivity contribution in [3.8, 4) is 0 Å². The van der Waals surface area contributed by atoms with E-state index in [-0.39, 0.29) is 0 Å². The van der Waals surface area contributed by atoms with Gasteiger partial charge in [-0.3, -0.25) is 4.79 Å². The first kappa shape index (κ1) is 15.8. The van der Waals surface area contributed by atoms with Crippen molar-refractivity contribution in [1.82, 2.24) is 9.97 Å². The van der Waals surface area contributed by atoms with Crippen LogP contribution in [-0.2, 0) is 4.79 Å². The third-order valence-corrected chi connectivity index (χ3v) is 5.85. The molecule has 23 heavy (non-hydrogen) atoms. The Kier molecular flexibility index (Phi) is 4.23. The highest BCUT2D eigenvalue weighted by molar-refractivity contribution is 8.00. The second-order valence-electron chi connectivity index (χ2n) is 5.17. The predicted octanol–water partition coefficient (Wildman–Crippen LogP) is 3.21. The fourth-order valence-corrected chi connectivity index (χ4v) is 4.35. The molecule has 1 aromatic carbocycles. The molecule has 2 aromatic heterocycles. The predicted molar refractivity (Wildman–Crippen MR) is 95.5 cm³/mol. The van der Waals surface area contributed by atoms with Crippen molar-refractivity contribution in [2.45, 2.75) is 24.3 Å². The Labute approximate surface area is 142 Å². The molecule has 0 fully saturated rings. The minimum Gasteiger partial charge on any atom is -0.383 e. The summed E-state index contributed by atoms with van der Waals surface area (Å²) >= 11 is 2.80. The minimum atomic E-state index is -0.546. The quantitative estimate of drug-likeness (QED) is 0.560. The van der Waals surface area contributed by atoms with E-state index in [0.29, 0.717) is 11.0 Å². The number of aromatic nitrogens is 2. The van der Waals surface area contributed by atoms with Crippen LogP contribution in [0.1, 0.15) is 21.3 Å².